The zero-order valence-corrected chi connectivity index (χ0v) is 23.0. The average Bonchev–Trinajstić information content (AvgIpc) is 2.85. The summed E-state index contributed by atoms with van der Waals surface area (Å²) in [6.07, 6.45) is 5.10. The predicted octanol–water partition coefficient (Wildman–Crippen LogP) is 3.67. The molecule has 3 N–H and O–H groups in total. The highest BCUT2D eigenvalue weighted by Crippen LogP contribution is 2.21. The Bertz CT molecular complexity index is 889. The van der Waals surface area contributed by atoms with Gasteiger partial charge in [-0.2, -0.15) is 0 Å². The van der Waals surface area contributed by atoms with Crippen LogP contribution in [0, 0.1) is 11.8 Å². The van der Waals surface area contributed by atoms with Gasteiger partial charge in [-0.05, 0) is 37.2 Å². The first-order valence-electron chi connectivity index (χ1n) is 13.7. The molecule has 0 spiro atoms. The van der Waals surface area contributed by atoms with Crippen molar-refractivity contribution in [3.8, 4) is 0 Å². The fourth-order valence-corrected chi connectivity index (χ4v) is 4.53. The summed E-state index contributed by atoms with van der Waals surface area (Å²) in [5.41, 5.74) is 0.883. The van der Waals surface area contributed by atoms with E-state index < -0.39 is 42.0 Å². The molecule has 0 saturated carbocycles. The molecule has 8 heteroatoms. The minimum atomic E-state index is -0.890. The Labute approximate surface area is 221 Å². The summed E-state index contributed by atoms with van der Waals surface area (Å²) in [6.45, 7) is 9.62. The molecule has 0 aromatic heterocycles. The molecule has 0 radical (unpaired) electrons. The van der Waals surface area contributed by atoms with Crippen molar-refractivity contribution in [3.63, 3.8) is 0 Å². The van der Waals surface area contributed by atoms with E-state index in [0.29, 0.717) is 6.42 Å². The van der Waals surface area contributed by atoms with Crippen LogP contribution in [0.1, 0.15) is 85.1 Å². The molecule has 37 heavy (non-hydrogen) atoms. The number of benzene rings is 1. The number of hydrogen-bond donors (Lipinski definition) is 3. The maximum atomic E-state index is 13.2. The van der Waals surface area contributed by atoms with Crippen molar-refractivity contribution in [3.05, 3.63) is 35.9 Å². The highest BCUT2D eigenvalue weighted by Gasteiger charge is 2.33. The van der Waals surface area contributed by atoms with Crippen molar-refractivity contribution >= 4 is 23.7 Å². The lowest BCUT2D eigenvalue weighted by Gasteiger charge is -2.27. The molecule has 1 fully saturated rings. The Hall–Kier alpha value is -2.90. The lowest BCUT2D eigenvalue weighted by Crippen LogP contribution is -2.55. The predicted molar refractivity (Wildman–Crippen MR) is 143 cm³/mol. The number of carbonyl (C=O) groups is 4. The third kappa shape index (κ3) is 10.5. The largest absolute Gasteiger partial charge is 0.460 e. The van der Waals surface area contributed by atoms with E-state index in [1.54, 1.807) is 6.92 Å². The summed E-state index contributed by atoms with van der Waals surface area (Å²) in [7, 11) is 0. The van der Waals surface area contributed by atoms with E-state index in [2.05, 4.69) is 22.9 Å². The Morgan fingerprint density at radius 3 is 2.24 bits per heavy atom. The van der Waals surface area contributed by atoms with Crippen LogP contribution in [0.2, 0.25) is 0 Å². The molecule has 8 nitrogen and oxygen atoms in total. The topological polar surface area (TPSA) is 114 Å². The van der Waals surface area contributed by atoms with E-state index in [0.717, 1.165) is 37.7 Å². The molecule has 1 aliphatic heterocycles. The van der Waals surface area contributed by atoms with Gasteiger partial charge in [-0.15, -0.1) is 0 Å². The maximum absolute atomic E-state index is 13.2. The lowest BCUT2D eigenvalue weighted by molar-refractivity contribution is -0.157. The Kier molecular flexibility index (Phi) is 12.6. The van der Waals surface area contributed by atoms with Gasteiger partial charge in [0, 0.05) is 6.42 Å². The summed E-state index contributed by atoms with van der Waals surface area (Å²) < 4.78 is 5.91. The SMILES string of the molecule is CCCCCCC(C)C1CC(=O)N[C@@H](Cc2ccccc2)C(=O)N[C@@H](C)C(=O)N[C@H](CC(C)C)C(=O)O1. The Balaban J connectivity index is 2.32. The van der Waals surface area contributed by atoms with Gasteiger partial charge >= 0.3 is 5.97 Å². The van der Waals surface area contributed by atoms with Gasteiger partial charge in [0.1, 0.15) is 24.2 Å². The molecule has 0 bridgehead atoms. The average molecular weight is 516 g/mol. The van der Waals surface area contributed by atoms with Crippen molar-refractivity contribution < 1.29 is 23.9 Å². The highest BCUT2D eigenvalue weighted by molar-refractivity contribution is 5.94. The monoisotopic (exact) mass is 515 g/mol. The second-order valence-electron chi connectivity index (χ2n) is 10.7. The van der Waals surface area contributed by atoms with Gasteiger partial charge in [-0.25, -0.2) is 4.79 Å². The van der Waals surface area contributed by atoms with Crippen molar-refractivity contribution in [2.75, 3.05) is 0 Å². The molecule has 1 saturated heterocycles. The van der Waals surface area contributed by atoms with Gasteiger partial charge in [0.25, 0.3) is 0 Å². The molecule has 2 unspecified atom stereocenters. The van der Waals surface area contributed by atoms with Gasteiger partial charge in [0.05, 0.1) is 6.42 Å². The number of nitrogens with one attached hydrogen (secondary N) is 3. The number of rotatable bonds is 10. The molecule has 1 heterocycles. The van der Waals surface area contributed by atoms with Gasteiger partial charge < -0.3 is 20.7 Å². The molecule has 3 amide bonds. The molecule has 1 aliphatic rings. The van der Waals surface area contributed by atoms with Crippen LogP contribution in [0.3, 0.4) is 0 Å². The van der Waals surface area contributed by atoms with Crippen molar-refractivity contribution in [1.82, 2.24) is 16.0 Å². The quantitative estimate of drug-likeness (QED) is 0.325. The molecular formula is C29H45N3O5. The second-order valence-corrected chi connectivity index (χ2v) is 10.7. The Morgan fingerprint density at radius 1 is 0.892 bits per heavy atom. The number of amides is 3. The van der Waals surface area contributed by atoms with Gasteiger partial charge in [0.15, 0.2) is 0 Å². The molecule has 206 valence electrons. The number of hydrogen-bond acceptors (Lipinski definition) is 5. The van der Waals surface area contributed by atoms with Crippen LogP contribution in [0.25, 0.3) is 0 Å². The van der Waals surface area contributed by atoms with Crippen LogP contribution in [0.15, 0.2) is 30.3 Å². The van der Waals surface area contributed by atoms with Crippen molar-refractivity contribution in [1.29, 1.82) is 0 Å². The van der Waals surface area contributed by atoms with Crippen LogP contribution in [-0.2, 0) is 30.3 Å². The standard InChI is InChI=1S/C29H45N3O5/c1-6-7-8-10-13-20(4)25-18-26(33)31-23(17-22-14-11-9-12-15-22)28(35)30-21(5)27(34)32-24(16-19(2)3)29(36)37-25/h9,11-12,14-15,19-21,23-25H,6-8,10,13,16-18H2,1-5H3,(H,30,35)(H,31,33)(H,32,34)/t20?,21-,23-,24+,25?/m0/s1. The second kappa shape index (κ2) is 15.4. The number of ether oxygens (including phenoxy) is 1. The van der Waals surface area contributed by atoms with Crippen LogP contribution in [0.4, 0.5) is 0 Å². The zero-order valence-electron chi connectivity index (χ0n) is 23.0. The zero-order chi connectivity index (χ0) is 27.4. The summed E-state index contributed by atoms with van der Waals surface area (Å²) in [5.74, 6) is -1.74. The van der Waals surface area contributed by atoms with Gasteiger partial charge in [-0.3, -0.25) is 14.4 Å². The van der Waals surface area contributed by atoms with Crippen LogP contribution in [-0.4, -0.2) is 47.9 Å². The first kappa shape index (κ1) is 30.3. The number of carbonyl (C=O) groups excluding carboxylic acids is 4. The molecule has 0 aliphatic carbocycles. The van der Waals surface area contributed by atoms with Crippen molar-refractivity contribution in [2.45, 2.75) is 110 Å². The van der Waals surface area contributed by atoms with Crippen LogP contribution < -0.4 is 16.0 Å². The fourth-order valence-electron chi connectivity index (χ4n) is 4.53. The van der Waals surface area contributed by atoms with Crippen molar-refractivity contribution in [2.24, 2.45) is 11.8 Å². The first-order chi connectivity index (χ1) is 17.6. The van der Waals surface area contributed by atoms with E-state index in [-0.39, 0.29) is 30.6 Å². The number of unbranched alkanes of at least 4 members (excludes halogenated alkanes) is 3. The first-order valence-corrected chi connectivity index (χ1v) is 13.7. The van der Waals surface area contributed by atoms with E-state index in [1.807, 2.05) is 51.1 Å². The molecule has 2 rings (SSSR count). The number of cyclic esters (lactones) is 1. The van der Waals surface area contributed by atoms with Gasteiger partial charge in [-0.1, -0.05) is 83.7 Å². The smallest absolute Gasteiger partial charge is 0.328 e. The molecular weight excluding hydrogens is 470 g/mol. The summed E-state index contributed by atoms with van der Waals surface area (Å²) in [4.78, 5) is 52.5. The van der Waals surface area contributed by atoms with Gasteiger partial charge in [0.2, 0.25) is 17.7 Å². The summed E-state index contributed by atoms with van der Waals surface area (Å²) >= 11 is 0. The molecule has 5 atom stereocenters. The maximum Gasteiger partial charge on any atom is 0.328 e. The minimum Gasteiger partial charge on any atom is -0.460 e. The Morgan fingerprint density at radius 2 is 1.59 bits per heavy atom. The lowest BCUT2D eigenvalue weighted by atomic mass is 9.94. The van der Waals surface area contributed by atoms with E-state index in [1.165, 1.54) is 0 Å². The molecule has 1 aromatic carbocycles. The third-order valence-corrected chi connectivity index (χ3v) is 6.80. The third-order valence-electron chi connectivity index (χ3n) is 6.80. The normalized spacial score (nSPS) is 24.6. The van der Waals surface area contributed by atoms with E-state index in [9.17, 15) is 19.2 Å². The van der Waals surface area contributed by atoms with Crippen LogP contribution in [0.5, 0.6) is 0 Å². The molecule has 1 aromatic rings. The van der Waals surface area contributed by atoms with E-state index >= 15 is 0 Å². The highest BCUT2D eigenvalue weighted by atomic mass is 16.5. The summed E-state index contributed by atoms with van der Waals surface area (Å²) in [5, 5.41) is 8.31. The minimum absolute atomic E-state index is 0.0445. The van der Waals surface area contributed by atoms with E-state index in [4.69, 9.17) is 4.74 Å². The summed E-state index contributed by atoms with van der Waals surface area (Å²) in [6, 6.07) is 6.78. The number of esters is 1. The van der Waals surface area contributed by atoms with Crippen LogP contribution >= 0.6 is 0 Å². The fraction of sp³-hybridized carbons (Fsp3) is 0.655.